The van der Waals surface area contributed by atoms with E-state index in [0.717, 1.165) is 16.8 Å². The molecule has 1 atom stereocenters. The van der Waals surface area contributed by atoms with Crippen molar-refractivity contribution in [3.05, 3.63) is 94.8 Å². The van der Waals surface area contributed by atoms with Crippen LogP contribution in [-0.2, 0) is 4.43 Å². The lowest BCUT2D eigenvalue weighted by Crippen LogP contribution is -2.58. The molecule has 0 aliphatic rings. The molecule has 0 bridgehead atoms. The largest absolute Gasteiger partial charge is 0.406 e. The summed E-state index contributed by atoms with van der Waals surface area (Å²) >= 11 is 6.67. The van der Waals surface area contributed by atoms with Crippen LogP contribution in [0.25, 0.3) is 0 Å². The Kier molecular flexibility index (Phi) is 8.83. The summed E-state index contributed by atoms with van der Waals surface area (Å²) in [4.78, 5) is 18.5. The predicted octanol–water partition coefficient (Wildman–Crippen LogP) is 9.50. The molecule has 1 aromatic heterocycles. The number of amides is 1. The average Bonchev–Trinajstić information content (AvgIpc) is 2.83. The van der Waals surface area contributed by atoms with Crippen LogP contribution in [0.5, 0.6) is 0 Å². The van der Waals surface area contributed by atoms with Crippen molar-refractivity contribution in [2.45, 2.75) is 83.9 Å². The molecule has 0 N–H and O–H groups in total. The first kappa shape index (κ1) is 30.3. The fraction of sp³-hybridized carbons (Fsp3) is 0.419. The number of nitrogens with zero attached hydrogens (tertiary/aromatic N) is 2. The van der Waals surface area contributed by atoms with Crippen molar-refractivity contribution < 1.29 is 9.22 Å². The van der Waals surface area contributed by atoms with Crippen LogP contribution < -0.4 is 4.57 Å². The van der Waals surface area contributed by atoms with Gasteiger partial charge in [0, 0.05) is 34.2 Å². The Morgan fingerprint density at radius 2 is 1.45 bits per heavy atom. The molecule has 1 amide bonds. The van der Waals surface area contributed by atoms with E-state index in [0.29, 0.717) is 10.6 Å². The van der Waals surface area contributed by atoms with E-state index in [4.69, 9.17) is 16.0 Å². The Morgan fingerprint density at radius 3 is 1.97 bits per heavy atom. The van der Waals surface area contributed by atoms with Crippen molar-refractivity contribution in [1.29, 1.82) is 0 Å². The van der Waals surface area contributed by atoms with Gasteiger partial charge in [0.25, 0.3) is 0 Å². The smallest absolute Gasteiger partial charge is 0.250 e. The number of aromatic nitrogens is 1. The summed E-state index contributed by atoms with van der Waals surface area (Å²) in [6.07, 6.45) is 2.98. The molecule has 0 fully saturated rings. The molecule has 38 heavy (non-hydrogen) atoms. The van der Waals surface area contributed by atoms with Gasteiger partial charge in [-0.2, -0.15) is 0 Å². The number of carbonyl (C=O) groups is 1. The van der Waals surface area contributed by atoms with Gasteiger partial charge in [-0.25, -0.2) is 0 Å². The van der Waals surface area contributed by atoms with Crippen molar-refractivity contribution in [2.24, 2.45) is 0 Å². The highest BCUT2D eigenvalue weighted by molar-refractivity contribution is 6.87. The number of hydrogen-bond acceptors (Lipinski definition) is 3. The van der Waals surface area contributed by atoms with E-state index >= 15 is 0 Å². The van der Waals surface area contributed by atoms with Gasteiger partial charge in [0.2, 0.25) is 5.91 Å². The van der Waals surface area contributed by atoms with Crippen molar-refractivity contribution in [3.8, 4) is 0 Å². The molecule has 1 unspecified atom stereocenters. The minimum Gasteiger partial charge on any atom is -0.406 e. The Hall–Kier alpha value is -2.26. The molecule has 1 heterocycles. The zero-order valence-corrected chi connectivity index (χ0v) is 27.4. The molecule has 204 valence electrons. The minimum atomic E-state index is -2.44. The Balaban J connectivity index is 2.34. The third-order valence-electron chi connectivity index (χ3n) is 8.36. The monoisotopic (exact) mass is 566 g/mol. The molecule has 2 aromatic carbocycles. The first-order chi connectivity index (χ1) is 17.5. The van der Waals surface area contributed by atoms with E-state index in [9.17, 15) is 4.79 Å². The lowest BCUT2D eigenvalue weighted by atomic mass is 9.99. The maximum atomic E-state index is 14.3. The highest BCUT2D eigenvalue weighted by Gasteiger charge is 2.47. The van der Waals surface area contributed by atoms with Crippen LogP contribution >= 0.6 is 11.6 Å². The number of benzene rings is 2. The van der Waals surface area contributed by atoms with Crippen LogP contribution in [0, 0.1) is 0 Å². The summed E-state index contributed by atoms with van der Waals surface area (Å²) in [6.45, 7) is 22.5. The summed E-state index contributed by atoms with van der Waals surface area (Å²) in [5, 5.41) is 0.523. The summed E-state index contributed by atoms with van der Waals surface area (Å²) in [6, 6.07) is 19.7. The molecule has 0 aliphatic heterocycles. The third-order valence-corrected chi connectivity index (χ3v) is 18.3. The molecule has 0 saturated heterocycles. The van der Waals surface area contributed by atoms with E-state index in [1.54, 1.807) is 24.5 Å². The highest BCUT2D eigenvalue weighted by atomic mass is 35.5. The van der Waals surface area contributed by atoms with Gasteiger partial charge in [-0.15, -0.1) is 0 Å². The van der Waals surface area contributed by atoms with Gasteiger partial charge in [0.15, 0.2) is 16.6 Å². The summed E-state index contributed by atoms with van der Waals surface area (Å²) in [5.41, 5.74) is 3.44. The highest BCUT2D eigenvalue weighted by Crippen LogP contribution is 2.47. The molecule has 0 radical (unpaired) electrons. The SMILES string of the molecule is CC(C)(C)[Si](C)(C)OC(c1ccccc1)c1cc(Cl)ccc1N(C(=O)c1ccncc1)[Si](C)(C)C(C)(C)C. The topological polar surface area (TPSA) is 42.4 Å². The van der Waals surface area contributed by atoms with E-state index in [1.807, 2.05) is 36.4 Å². The van der Waals surface area contributed by atoms with E-state index in [2.05, 4.69) is 89.4 Å². The van der Waals surface area contributed by atoms with Gasteiger partial charge in [-0.3, -0.25) is 9.78 Å². The second-order valence-corrected chi connectivity index (χ2v) is 23.3. The molecule has 3 rings (SSSR count). The van der Waals surface area contributed by atoms with Gasteiger partial charge in [0.05, 0.1) is 6.10 Å². The Bertz CT molecular complexity index is 1250. The van der Waals surface area contributed by atoms with Gasteiger partial charge in [0.1, 0.15) is 0 Å². The fourth-order valence-corrected chi connectivity index (χ4v) is 7.47. The predicted molar refractivity (Wildman–Crippen MR) is 166 cm³/mol. The molecule has 0 saturated carbocycles. The standard InChI is InChI=1S/C31H43ClN2O2Si2/c1-30(2,3)37(7,8)34(29(35)24-18-20-33-21-19-24)27-17-16-25(32)22-26(27)28(23-14-12-11-13-15-23)36-38(9,10)31(4,5)6/h11-22,28H,1-10H3. The number of halogens is 1. The van der Waals surface area contributed by atoms with Crippen molar-refractivity contribution in [1.82, 2.24) is 4.98 Å². The molecule has 0 spiro atoms. The lowest BCUT2D eigenvalue weighted by Gasteiger charge is -2.47. The summed E-state index contributed by atoms with van der Waals surface area (Å²) in [5.74, 6) is -0.0262. The number of anilines is 1. The van der Waals surface area contributed by atoms with Crippen LogP contribution in [0.3, 0.4) is 0 Å². The van der Waals surface area contributed by atoms with Gasteiger partial charge in [-0.05, 0) is 59.1 Å². The van der Waals surface area contributed by atoms with Crippen LogP contribution in [-0.4, -0.2) is 27.4 Å². The number of hydrogen-bond donors (Lipinski definition) is 0. The molecule has 0 aliphatic carbocycles. The normalized spacial score (nSPS) is 13.8. The number of rotatable bonds is 7. The fourth-order valence-electron chi connectivity index (χ4n) is 3.97. The summed E-state index contributed by atoms with van der Waals surface area (Å²) in [7, 11) is -4.66. The number of pyridine rings is 1. The van der Waals surface area contributed by atoms with Crippen LogP contribution in [0.15, 0.2) is 73.1 Å². The minimum absolute atomic E-state index is 0.00471. The third kappa shape index (κ3) is 6.31. The van der Waals surface area contributed by atoms with Crippen LogP contribution in [0.4, 0.5) is 5.69 Å². The van der Waals surface area contributed by atoms with Crippen LogP contribution in [0.2, 0.25) is 41.3 Å². The quantitative estimate of drug-likeness (QED) is 0.267. The molecule has 7 heteroatoms. The van der Waals surface area contributed by atoms with Gasteiger partial charge >= 0.3 is 0 Å². The first-order valence-corrected chi connectivity index (χ1v) is 19.5. The maximum Gasteiger partial charge on any atom is 0.250 e. The Labute approximate surface area is 236 Å². The molecule has 3 aromatic rings. The van der Waals surface area contributed by atoms with Gasteiger partial charge < -0.3 is 8.99 Å². The van der Waals surface area contributed by atoms with Crippen molar-refractivity contribution in [2.75, 3.05) is 4.57 Å². The molecule has 4 nitrogen and oxygen atoms in total. The van der Waals surface area contributed by atoms with E-state index in [-0.39, 0.29) is 22.1 Å². The zero-order chi connectivity index (χ0) is 28.5. The molecular formula is C31H43ClN2O2Si2. The average molecular weight is 567 g/mol. The summed E-state index contributed by atoms with van der Waals surface area (Å²) < 4.78 is 9.22. The van der Waals surface area contributed by atoms with E-state index in [1.165, 1.54) is 0 Å². The lowest BCUT2D eigenvalue weighted by molar-refractivity contribution is 0.100. The van der Waals surface area contributed by atoms with Gasteiger partial charge in [-0.1, -0.05) is 96.6 Å². The van der Waals surface area contributed by atoms with Crippen molar-refractivity contribution >= 4 is 39.7 Å². The maximum absolute atomic E-state index is 14.3. The Morgan fingerprint density at radius 1 is 0.868 bits per heavy atom. The van der Waals surface area contributed by atoms with E-state index < -0.39 is 16.6 Å². The van der Waals surface area contributed by atoms with Crippen molar-refractivity contribution in [3.63, 3.8) is 0 Å². The molecular weight excluding hydrogens is 524 g/mol. The van der Waals surface area contributed by atoms with Crippen LogP contribution in [0.1, 0.15) is 69.1 Å². The first-order valence-electron chi connectivity index (χ1n) is 13.2. The second-order valence-electron chi connectivity index (χ2n) is 13.1. The zero-order valence-electron chi connectivity index (χ0n) is 24.6. The number of carbonyl (C=O) groups excluding carboxylic acids is 1. The second kappa shape index (κ2) is 11.1.